The van der Waals surface area contributed by atoms with Gasteiger partial charge in [0.05, 0.1) is 18.1 Å². The number of nitrogens with one attached hydrogen (secondary N) is 1. The highest BCUT2D eigenvalue weighted by atomic mass is 19.2. The van der Waals surface area contributed by atoms with Crippen LogP contribution in [0.3, 0.4) is 0 Å². The molecule has 2 N–H and O–H groups in total. The maximum absolute atomic E-state index is 13.0. The Balaban J connectivity index is 1.45. The summed E-state index contributed by atoms with van der Waals surface area (Å²) in [4.78, 5) is 8.20. The predicted molar refractivity (Wildman–Crippen MR) is 82.6 cm³/mol. The molecule has 3 rings (SSSR count). The van der Waals surface area contributed by atoms with Crippen LogP contribution in [-0.2, 0) is 6.54 Å². The van der Waals surface area contributed by atoms with Gasteiger partial charge in [-0.15, -0.1) is 0 Å². The topological polar surface area (TPSA) is 71.7 Å². The fourth-order valence-corrected chi connectivity index (χ4v) is 2.21. The van der Waals surface area contributed by atoms with Crippen molar-refractivity contribution in [3.05, 3.63) is 60.3 Å². The fraction of sp³-hybridized carbons (Fsp3) is 0.250. The molecule has 1 aromatic carbocycles. The minimum absolute atomic E-state index is 0.0326. The van der Waals surface area contributed by atoms with E-state index >= 15 is 0 Å². The lowest BCUT2D eigenvalue weighted by Gasteiger charge is -2.13. The fourth-order valence-electron chi connectivity index (χ4n) is 2.21. The van der Waals surface area contributed by atoms with Gasteiger partial charge in [0.2, 0.25) is 0 Å². The first-order chi connectivity index (χ1) is 11.6. The van der Waals surface area contributed by atoms with Crippen LogP contribution in [0.25, 0.3) is 5.65 Å². The summed E-state index contributed by atoms with van der Waals surface area (Å²) in [6, 6.07) is 3.24. The molecule has 0 radical (unpaired) electrons. The van der Waals surface area contributed by atoms with E-state index in [1.165, 1.54) is 6.07 Å². The Bertz CT molecular complexity index is 825. The molecule has 2 aromatic heterocycles. The van der Waals surface area contributed by atoms with E-state index in [1.807, 2.05) is 10.6 Å². The normalized spacial score (nSPS) is 12.5. The molecule has 126 valence electrons. The Kier molecular flexibility index (Phi) is 4.97. The van der Waals surface area contributed by atoms with Gasteiger partial charge in [-0.05, 0) is 12.1 Å². The van der Waals surface area contributed by atoms with Crippen LogP contribution in [0.5, 0.6) is 5.75 Å². The largest absolute Gasteiger partial charge is 0.491 e. The van der Waals surface area contributed by atoms with Crippen LogP contribution in [0.15, 0.2) is 43.0 Å². The van der Waals surface area contributed by atoms with Crippen molar-refractivity contribution in [2.24, 2.45) is 0 Å². The third-order valence-corrected chi connectivity index (χ3v) is 3.41. The van der Waals surface area contributed by atoms with Gasteiger partial charge in [0.1, 0.15) is 18.5 Å². The van der Waals surface area contributed by atoms with Crippen molar-refractivity contribution in [3.8, 4) is 5.75 Å². The number of ether oxygens (including phenoxy) is 1. The minimum atomic E-state index is -0.984. The molecular formula is C16H16F2N4O2. The number of aromatic nitrogens is 3. The zero-order valence-electron chi connectivity index (χ0n) is 12.7. The highest BCUT2D eigenvalue weighted by Crippen LogP contribution is 2.15. The van der Waals surface area contributed by atoms with E-state index in [0.29, 0.717) is 6.54 Å². The van der Waals surface area contributed by atoms with E-state index in [0.717, 1.165) is 23.5 Å². The molecule has 0 amide bonds. The summed E-state index contributed by atoms with van der Waals surface area (Å²) in [5.41, 5.74) is 1.68. The van der Waals surface area contributed by atoms with Gasteiger partial charge in [-0.2, -0.15) is 0 Å². The standard InChI is InChI=1S/C16H16F2N4O2/c17-14-2-1-13(5-15(14)18)24-10-12(23)8-20-6-11-7-21-16-9-19-3-4-22(11)16/h1-5,7,9,12,20,23H,6,8,10H2. The van der Waals surface area contributed by atoms with Crippen molar-refractivity contribution >= 4 is 5.65 Å². The molecule has 24 heavy (non-hydrogen) atoms. The maximum Gasteiger partial charge on any atom is 0.162 e. The lowest BCUT2D eigenvalue weighted by Crippen LogP contribution is -2.31. The van der Waals surface area contributed by atoms with Crippen LogP contribution in [0.1, 0.15) is 5.69 Å². The number of imidazole rings is 1. The lowest BCUT2D eigenvalue weighted by molar-refractivity contribution is 0.106. The number of aliphatic hydroxyl groups excluding tert-OH is 1. The SMILES string of the molecule is OC(CNCc1cnc2cnccn12)COc1ccc(F)c(F)c1. The van der Waals surface area contributed by atoms with Crippen molar-refractivity contribution < 1.29 is 18.6 Å². The second kappa shape index (κ2) is 7.33. The van der Waals surface area contributed by atoms with E-state index in [-0.39, 0.29) is 18.9 Å². The zero-order valence-corrected chi connectivity index (χ0v) is 12.7. The van der Waals surface area contributed by atoms with E-state index in [4.69, 9.17) is 4.74 Å². The second-order valence-electron chi connectivity index (χ2n) is 5.23. The lowest BCUT2D eigenvalue weighted by atomic mass is 10.3. The van der Waals surface area contributed by atoms with Gasteiger partial charge in [0, 0.05) is 31.5 Å². The van der Waals surface area contributed by atoms with Crippen LogP contribution in [-0.4, -0.2) is 38.7 Å². The van der Waals surface area contributed by atoms with Crippen molar-refractivity contribution in [2.45, 2.75) is 12.6 Å². The first-order valence-corrected chi connectivity index (χ1v) is 7.36. The summed E-state index contributed by atoms with van der Waals surface area (Å²) in [6.45, 7) is 0.755. The number of fused-ring (bicyclic) bond motifs is 1. The molecule has 0 saturated carbocycles. The molecule has 0 spiro atoms. The van der Waals surface area contributed by atoms with Crippen LogP contribution >= 0.6 is 0 Å². The van der Waals surface area contributed by atoms with E-state index in [9.17, 15) is 13.9 Å². The van der Waals surface area contributed by atoms with Crippen molar-refractivity contribution in [1.29, 1.82) is 0 Å². The smallest absolute Gasteiger partial charge is 0.162 e. The molecule has 6 nitrogen and oxygen atoms in total. The van der Waals surface area contributed by atoms with E-state index in [2.05, 4.69) is 15.3 Å². The van der Waals surface area contributed by atoms with Crippen LogP contribution in [0.2, 0.25) is 0 Å². The Morgan fingerprint density at radius 1 is 1.25 bits per heavy atom. The third-order valence-electron chi connectivity index (χ3n) is 3.41. The van der Waals surface area contributed by atoms with Gasteiger partial charge in [-0.3, -0.25) is 9.38 Å². The number of hydrogen-bond donors (Lipinski definition) is 2. The summed E-state index contributed by atoms with van der Waals surface area (Å²) >= 11 is 0. The molecule has 0 aliphatic carbocycles. The van der Waals surface area contributed by atoms with Crippen LogP contribution in [0.4, 0.5) is 8.78 Å². The number of aliphatic hydroxyl groups is 1. The summed E-state index contributed by atoms with van der Waals surface area (Å²) < 4.78 is 33.0. The quantitative estimate of drug-likeness (QED) is 0.686. The highest BCUT2D eigenvalue weighted by Gasteiger charge is 2.08. The molecule has 2 heterocycles. The van der Waals surface area contributed by atoms with Gasteiger partial charge < -0.3 is 15.2 Å². The van der Waals surface area contributed by atoms with Gasteiger partial charge in [-0.25, -0.2) is 13.8 Å². The summed E-state index contributed by atoms with van der Waals surface area (Å²) in [6.07, 6.45) is 6.08. The Hall–Kier alpha value is -2.58. The summed E-state index contributed by atoms with van der Waals surface area (Å²) in [5.74, 6) is -1.75. The minimum Gasteiger partial charge on any atom is -0.491 e. The first kappa shape index (κ1) is 16.3. The molecule has 0 aliphatic heterocycles. The average Bonchev–Trinajstić information content (AvgIpc) is 2.99. The maximum atomic E-state index is 13.0. The van der Waals surface area contributed by atoms with Crippen molar-refractivity contribution in [3.63, 3.8) is 0 Å². The monoisotopic (exact) mass is 334 g/mol. The molecule has 1 atom stereocenters. The molecule has 3 aromatic rings. The Labute approximate surface area is 136 Å². The molecule has 1 unspecified atom stereocenters. The van der Waals surface area contributed by atoms with E-state index < -0.39 is 17.7 Å². The molecule has 8 heteroatoms. The summed E-state index contributed by atoms with van der Waals surface area (Å²) in [7, 11) is 0. The number of benzene rings is 1. The van der Waals surface area contributed by atoms with Gasteiger partial charge in [0.15, 0.2) is 17.3 Å². The first-order valence-electron chi connectivity index (χ1n) is 7.36. The number of hydrogen-bond acceptors (Lipinski definition) is 5. The van der Waals surface area contributed by atoms with Crippen molar-refractivity contribution in [1.82, 2.24) is 19.7 Å². The van der Waals surface area contributed by atoms with Crippen LogP contribution in [0, 0.1) is 11.6 Å². The van der Waals surface area contributed by atoms with Crippen molar-refractivity contribution in [2.75, 3.05) is 13.2 Å². The van der Waals surface area contributed by atoms with E-state index in [1.54, 1.807) is 18.6 Å². The number of rotatable bonds is 7. The number of nitrogens with zero attached hydrogens (tertiary/aromatic N) is 3. The van der Waals surface area contributed by atoms with Crippen LogP contribution < -0.4 is 10.1 Å². The second-order valence-corrected chi connectivity index (χ2v) is 5.23. The highest BCUT2D eigenvalue weighted by molar-refractivity contribution is 5.36. The zero-order chi connectivity index (χ0) is 16.9. The Morgan fingerprint density at radius 3 is 2.96 bits per heavy atom. The number of halogens is 2. The third kappa shape index (κ3) is 3.84. The van der Waals surface area contributed by atoms with Gasteiger partial charge in [0.25, 0.3) is 0 Å². The average molecular weight is 334 g/mol. The molecule has 0 aliphatic rings. The molecule has 0 saturated heterocycles. The predicted octanol–water partition coefficient (Wildman–Crippen LogP) is 1.54. The molecule has 0 bridgehead atoms. The van der Waals surface area contributed by atoms with Gasteiger partial charge >= 0.3 is 0 Å². The van der Waals surface area contributed by atoms with Gasteiger partial charge in [-0.1, -0.05) is 0 Å². The Morgan fingerprint density at radius 2 is 2.12 bits per heavy atom. The molecule has 0 fully saturated rings. The summed E-state index contributed by atoms with van der Waals surface area (Å²) in [5, 5.41) is 13.0. The molecular weight excluding hydrogens is 318 g/mol.